The fourth-order valence-electron chi connectivity index (χ4n) is 1.49. The van der Waals surface area contributed by atoms with Gasteiger partial charge in [-0.25, -0.2) is 17.9 Å². The van der Waals surface area contributed by atoms with E-state index >= 15 is 0 Å². The Balaban J connectivity index is 2.74. The predicted molar refractivity (Wildman–Crippen MR) is 79.3 cm³/mol. The van der Waals surface area contributed by atoms with E-state index in [-0.39, 0.29) is 28.6 Å². The van der Waals surface area contributed by atoms with E-state index in [1.165, 1.54) is 12.1 Å². The molecule has 0 saturated carbocycles. The average molecular weight is 336 g/mol. The third kappa shape index (κ3) is 5.62. The van der Waals surface area contributed by atoms with Gasteiger partial charge in [-0.15, -0.1) is 0 Å². The number of aromatic carboxylic acids is 1. The van der Waals surface area contributed by atoms with Gasteiger partial charge in [-0.1, -0.05) is 25.4 Å². The van der Waals surface area contributed by atoms with Crippen LogP contribution < -0.4 is 4.72 Å². The molecule has 0 amide bonds. The summed E-state index contributed by atoms with van der Waals surface area (Å²) in [5, 5.41) is 8.85. The van der Waals surface area contributed by atoms with Crippen LogP contribution in [0.15, 0.2) is 23.1 Å². The molecule has 0 saturated heterocycles. The van der Waals surface area contributed by atoms with Crippen LogP contribution in [0.1, 0.15) is 24.2 Å². The topological polar surface area (TPSA) is 92.7 Å². The van der Waals surface area contributed by atoms with Crippen LogP contribution in [0.25, 0.3) is 0 Å². The minimum absolute atomic E-state index is 0.0319. The van der Waals surface area contributed by atoms with Crippen LogP contribution in [-0.2, 0) is 14.8 Å². The molecule has 1 rings (SSSR count). The zero-order chi connectivity index (χ0) is 16.0. The molecule has 21 heavy (non-hydrogen) atoms. The van der Waals surface area contributed by atoms with Crippen LogP contribution >= 0.6 is 11.6 Å². The third-order valence-corrected chi connectivity index (χ3v) is 4.40. The lowest BCUT2D eigenvalue weighted by Gasteiger charge is -2.10. The van der Waals surface area contributed by atoms with Crippen molar-refractivity contribution in [3.05, 3.63) is 28.8 Å². The molecule has 6 nitrogen and oxygen atoms in total. The quantitative estimate of drug-likeness (QED) is 0.709. The summed E-state index contributed by atoms with van der Waals surface area (Å²) in [4.78, 5) is 10.6. The number of halogens is 1. The molecular formula is C13H18ClNO5S. The number of benzene rings is 1. The molecule has 0 heterocycles. The minimum atomic E-state index is -3.87. The molecule has 0 aliphatic heterocycles. The first-order chi connectivity index (χ1) is 9.74. The van der Waals surface area contributed by atoms with E-state index in [0.717, 1.165) is 6.07 Å². The van der Waals surface area contributed by atoms with E-state index in [9.17, 15) is 13.2 Å². The summed E-state index contributed by atoms with van der Waals surface area (Å²) in [5.41, 5.74) is -0.143. The fraction of sp³-hybridized carbons (Fsp3) is 0.462. The molecule has 2 N–H and O–H groups in total. The predicted octanol–water partition coefficient (Wildman–Crippen LogP) is 1.99. The van der Waals surface area contributed by atoms with Crippen molar-refractivity contribution in [1.82, 2.24) is 4.72 Å². The van der Waals surface area contributed by atoms with Gasteiger partial charge in [0.25, 0.3) is 0 Å². The molecule has 0 spiro atoms. The molecule has 8 heteroatoms. The molecule has 0 fully saturated rings. The molecule has 0 bridgehead atoms. The van der Waals surface area contributed by atoms with E-state index in [0.29, 0.717) is 12.5 Å². The number of carboxylic acid groups (broad SMARTS) is 1. The van der Waals surface area contributed by atoms with Gasteiger partial charge in [-0.05, 0) is 24.1 Å². The first kappa shape index (κ1) is 17.9. The molecule has 0 radical (unpaired) electrons. The number of carbonyl (C=O) groups is 1. The van der Waals surface area contributed by atoms with Crippen molar-refractivity contribution in [2.75, 3.05) is 19.8 Å². The maximum absolute atomic E-state index is 12.1. The first-order valence-electron chi connectivity index (χ1n) is 6.34. The van der Waals surface area contributed by atoms with Crippen molar-refractivity contribution >= 4 is 27.6 Å². The maximum Gasteiger partial charge on any atom is 0.335 e. The molecule has 118 valence electrons. The monoisotopic (exact) mass is 335 g/mol. The Morgan fingerprint density at radius 2 is 2.10 bits per heavy atom. The summed E-state index contributed by atoms with van der Waals surface area (Å²) >= 11 is 5.82. The summed E-state index contributed by atoms with van der Waals surface area (Å²) in [7, 11) is -3.87. The summed E-state index contributed by atoms with van der Waals surface area (Å²) in [6.07, 6.45) is 0. The Kier molecular flexibility index (Phi) is 6.60. The lowest BCUT2D eigenvalue weighted by molar-refractivity contribution is 0.0696. The molecule has 0 atom stereocenters. The number of rotatable bonds is 8. The number of sulfonamides is 1. The third-order valence-electron chi connectivity index (χ3n) is 2.46. The van der Waals surface area contributed by atoms with Crippen LogP contribution in [0.4, 0.5) is 0 Å². The smallest absolute Gasteiger partial charge is 0.335 e. The van der Waals surface area contributed by atoms with Crippen molar-refractivity contribution < 1.29 is 23.1 Å². The molecule has 0 aromatic heterocycles. The number of ether oxygens (including phenoxy) is 1. The average Bonchev–Trinajstić information content (AvgIpc) is 2.37. The fourth-order valence-corrected chi connectivity index (χ4v) is 3.02. The van der Waals surface area contributed by atoms with E-state index in [2.05, 4.69) is 4.72 Å². The largest absolute Gasteiger partial charge is 0.478 e. The Hall–Kier alpha value is -1.15. The summed E-state index contributed by atoms with van der Waals surface area (Å²) in [6, 6.07) is 3.52. The van der Waals surface area contributed by atoms with Gasteiger partial charge in [0.15, 0.2) is 0 Å². The van der Waals surface area contributed by atoms with Gasteiger partial charge < -0.3 is 9.84 Å². The van der Waals surface area contributed by atoms with Crippen LogP contribution in [0.5, 0.6) is 0 Å². The number of carboxylic acids is 1. The van der Waals surface area contributed by atoms with Gasteiger partial charge in [0, 0.05) is 13.2 Å². The zero-order valence-corrected chi connectivity index (χ0v) is 13.4. The van der Waals surface area contributed by atoms with E-state index < -0.39 is 16.0 Å². The molecule has 1 aromatic rings. The van der Waals surface area contributed by atoms with Crippen LogP contribution in [-0.4, -0.2) is 39.3 Å². The second kappa shape index (κ2) is 7.74. The highest BCUT2D eigenvalue weighted by atomic mass is 35.5. The molecule has 0 unspecified atom stereocenters. The Bertz CT molecular complexity index is 601. The Morgan fingerprint density at radius 3 is 2.67 bits per heavy atom. The first-order valence-corrected chi connectivity index (χ1v) is 8.20. The van der Waals surface area contributed by atoms with E-state index in [1.807, 2.05) is 13.8 Å². The number of hydrogen-bond acceptors (Lipinski definition) is 4. The van der Waals surface area contributed by atoms with Gasteiger partial charge in [0.1, 0.15) is 4.90 Å². The van der Waals surface area contributed by atoms with Crippen LogP contribution in [0, 0.1) is 5.92 Å². The highest BCUT2D eigenvalue weighted by molar-refractivity contribution is 7.89. The SMILES string of the molecule is CC(C)COCCNS(=O)(=O)c1cc(C(=O)O)ccc1Cl. The molecular weight excluding hydrogens is 318 g/mol. The highest BCUT2D eigenvalue weighted by Gasteiger charge is 2.19. The van der Waals surface area contributed by atoms with Crippen molar-refractivity contribution in [3.8, 4) is 0 Å². The maximum atomic E-state index is 12.1. The number of nitrogens with one attached hydrogen (secondary N) is 1. The van der Waals surface area contributed by atoms with Crippen molar-refractivity contribution in [2.45, 2.75) is 18.7 Å². The number of hydrogen-bond donors (Lipinski definition) is 2. The Labute approximate surface area is 129 Å². The second-order valence-corrected chi connectivity index (χ2v) is 6.96. The molecule has 1 aromatic carbocycles. The lowest BCUT2D eigenvalue weighted by atomic mass is 10.2. The zero-order valence-electron chi connectivity index (χ0n) is 11.8. The standard InChI is InChI=1S/C13H18ClNO5S/c1-9(2)8-20-6-5-15-21(18,19)12-7-10(13(16)17)3-4-11(12)14/h3-4,7,9,15H,5-6,8H2,1-2H3,(H,16,17). The van der Waals surface area contributed by atoms with Crippen LogP contribution in [0.3, 0.4) is 0 Å². The van der Waals surface area contributed by atoms with Crippen molar-refractivity contribution in [3.63, 3.8) is 0 Å². The van der Waals surface area contributed by atoms with Gasteiger partial charge in [-0.3, -0.25) is 0 Å². The molecule has 0 aliphatic rings. The Morgan fingerprint density at radius 1 is 1.43 bits per heavy atom. The van der Waals surface area contributed by atoms with Crippen molar-refractivity contribution in [1.29, 1.82) is 0 Å². The lowest BCUT2D eigenvalue weighted by Crippen LogP contribution is -2.28. The second-order valence-electron chi connectivity index (χ2n) is 4.82. The van der Waals surface area contributed by atoms with E-state index in [1.54, 1.807) is 0 Å². The minimum Gasteiger partial charge on any atom is -0.478 e. The molecule has 0 aliphatic carbocycles. The van der Waals surface area contributed by atoms with Gasteiger partial charge >= 0.3 is 5.97 Å². The highest BCUT2D eigenvalue weighted by Crippen LogP contribution is 2.22. The summed E-state index contributed by atoms with van der Waals surface area (Å²) < 4.78 is 31.8. The van der Waals surface area contributed by atoms with Gasteiger partial charge in [0.2, 0.25) is 10.0 Å². The van der Waals surface area contributed by atoms with Gasteiger partial charge in [0.05, 0.1) is 17.2 Å². The summed E-state index contributed by atoms with van der Waals surface area (Å²) in [5.74, 6) is -0.855. The van der Waals surface area contributed by atoms with Crippen LogP contribution in [0.2, 0.25) is 5.02 Å². The van der Waals surface area contributed by atoms with Gasteiger partial charge in [-0.2, -0.15) is 0 Å². The normalized spacial score (nSPS) is 11.8. The summed E-state index contributed by atoms with van der Waals surface area (Å²) in [6.45, 7) is 4.83. The van der Waals surface area contributed by atoms with Crippen molar-refractivity contribution in [2.24, 2.45) is 5.92 Å². The van der Waals surface area contributed by atoms with E-state index in [4.69, 9.17) is 21.4 Å².